The second-order valence-electron chi connectivity index (χ2n) is 6.22. The lowest BCUT2D eigenvalue weighted by atomic mass is 10.1. The lowest BCUT2D eigenvalue weighted by Gasteiger charge is -2.16. The van der Waals surface area contributed by atoms with Crippen molar-refractivity contribution < 1.29 is 18.9 Å². The summed E-state index contributed by atoms with van der Waals surface area (Å²) in [6.07, 6.45) is 1.09. The zero-order chi connectivity index (χ0) is 19.8. The van der Waals surface area contributed by atoms with Crippen LogP contribution in [0.15, 0.2) is 30.3 Å². The van der Waals surface area contributed by atoms with E-state index in [-0.39, 0.29) is 6.10 Å². The van der Waals surface area contributed by atoms with E-state index < -0.39 is 0 Å². The number of methoxy groups -OCH3 is 3. The average Bonchev–Trinajstić information content (AvgIpc) is 2.69. The van der Waals surface area contributed by atoms with Crippen LogP contribution in [0.3, 0.4) is 0 Å². The standard InChI is InChI=1S/C21H28ClNO4/c1-6-14(2)27-18-8-7-15(9-19(18)24-3)12-23-13-16-10-20(25-4)21(26-5)11-17(16)22/h7-11,14,23H,6,12-13H2,1-5H3. The van der Waals surface area contributed by atoms with Crippen molar-refractivity contribution in [3.63, 3.8) is 0 Å². The Morgan fingerprint density at radius 3 is 2.15 bits per heavy atom. The Hall–Kier alpha value is -2.11. The Bertz CT molecular complexity index is 751. The second kappa shape index (κ2) is 10.3. The number of nitrogens with one attached hydrogen (secondary N) is 1. The number of benzene rings is 2. The number of hydrogen-bond donors (Lipinski definition) is 1. The van der Waals surface area contributed by atoms with E-state index >= 15 is 0 Å². The molecule has 0 fully saturated rings. The minimum atomic E-state index is 0.148. The molecule has 0 saturated carbocycles. The smallest absolute Gasteiger partial charge is 0.162 e. The van der Waals surface area contributed by atoms with Gasteiger partial charge in [-0.3, -0.25) is 0 Å². The second-order valence-corrected chi connectivity index (χ2v) is 6.63. The first-order valence-corrected chi connectivity index (χ1v) is 9.34. The summed E-state index contributed by atoms with van der Waals surface area (Å²) in [6, 6.07) is 9.62. The average molecular weight is 394 g/mol. The molecule has 1 atom stereocenters. The lowest BCUT2D eigenvalue weighted by Crippen LogP contribution is -2.14. The minimum absolute atomic E-state index is 0.148. The van der Waals surface area contributed by atoms with Crippen molar-refractivity contribution in [2.24, 2.45) is 0 Å². The summed E-state index contributed by atoms with van der Waals surface area (Å²) in [4.78, 5) is 0. The van der Waals surface area contributed by atoms with Crippen molar-refractivity contribution in [1.29, 1.82) is 0 Å². The van der Waals surface area contributed by atoms with Crippen LogP contribution in [0.25, 0.3) is 0 Å². The maximum Gasteiger partial charge on any atom is 0.162 e. The van der Waals surface area contributed by atoms with Crippen molar-refractivity contribution in [3.8, 4) is 23.0 Å². The predicted molar refractivity (Wildman–Crippen MR) is 108 cm³/mol. The van der Waals surface area contributed by atoms with E-state index in [1.54, 1.807) is 27.4 Å². The molecule has 6 heteroatoms. The van der Waals surface area contributed by atoms with Crippen LogP contribution in [-0.4, -0.2) is 27.4 Å². The quantitative estimate of drug-likeness (QED) is 0.626. The van der Waals surface area contributed by atoms with E-state index in [0.717, 1.165) is 29.0 Å². The third-order valence-electron chi connectivity index (χ3n) is 4.33. The van der Waals surface area contributed by atoms with Crippen LogP contribution in [-0.2, 0) is 13.1 Å². The Morgan fingerprint density at radius 2 is 1.52 bits per heavy atom. The van der Waals surface area contributed by atoms with Crippen molar-refractivity contribution in [2.75, 3.05) is 21.3 Å². The fourth-order valence-corrected chi connectivity index (χ4v) is 2.81. The molecule has 0 amide bonds. The highest BCUT2D eigenvalue weighted by Crippen LogP contribution is 2.33. The van der Waals surface area contributed by atoms with Gasteiger partial charge in [0.05, 0.1) is 27.4 Å². The molecule has 0 heterocycles. The highest BCUT2D eigenvalue weighted by molar-refractivity contribution is 6.31. The van der Waals surface area contributed by atoms with Crippen LogP contribution in [0, 0.1) is 0 Å². The fourth-order valence-electron chi connectivity index (χ4n) is 2.59. The van der Waals surface area contributed by atoms with Crippen LogP contribution in [0.4, 0.5) is 0 Å². The molecule has 2 rings (SSSR count). The third kappa shape index (κ3) is 5.68. The highest BCUT2D eigenvalue weighted by Gasteiger charge is 2.11. The van der Waals surface area contributed by atoms with E-state index in [1.807, 2.05) is 31.2 Å². The SMILES string of the molecule is CCC(C)Oc1ccc(CNCc2cc(OC)c(OC)cc2Cl)cc1OC. The Balaban J connectivity index is 2.03. The summed E-state index contributed by atoms with van der Waals surface area (Å²) in [6.45, 7) is 5.41. The molecule has 2 aromatic carbocycles. The van der Waals surface area contributed by atoms with E-state index in [2.05, 4.69) is 12.2 Å². The topological polar surface area (TPSA) is 49.0 Å². The van der Waals surface area contributed by atoms with Gasteiger partial charge < -0.3 is 24.3 Å². The summed E-state index contributed by atoms with van der Waals surface area (Å²) < 4.78 is 22.0. The van der Waals surface area contributed by atoms with Gasteiger partial charge in [-0.15, -0.1) is 0 Å². The van der Waals surface area contributed by atoms with Gasteiger partial charge in [-0.1, -0.05) is 24.6 Å². The largest absolute Gasteiger partial charge is 0.493 e. The Morgan fingerprint density at radius 1 is 0.889 bits per heavy atom. The van der Waals surface area contributed by atoms with Gasteiger partial charge in [-0.25, -0.2) is 0 Å². The molecule has 0 saturated heterocycles. The zero-order valence-electron chi connectivity index (χ0n) is 16.6. The Labute approximate surface area is 166 Å². The van der Waals surface area contributed by atoms with Crippen LogP contribution in [0.1, 0.15) is 31.4 Å². The molecule has 0 aliphatic rings. The van der Waals surface area contributed by atoms with Gasteiger partial charge in [0.1, 0.15) is 0 Å². The minimum Gasteiger partial charge on any atom is -0.493 e. The molecule has 27 heavy (non-hydrogen) atoms. The zero-order valence-corrected chi connectivity index (χ0v) is 17.4. The van der Waals surface area contributed by atoms with Crippen molar-refractivity contribution in [3.05, 3.63) is 46.5 Å². The van der Waals surface area contributed by atoms with Crippen molar-refractivity contribution in [1.82, 2.24) is 5.32 Å². The molecule has 0 spiro atoms. The molecule has 0 aliphatic carbocycles. The fraction of sp³-hybridized carbons (Fsp3) is 0.429. The van der Waals surface area contributed by atoms with Crippen molar-refractivity contribution in [2.45, 2.75) is 39.5 Å². The van der Waals surface area contributed by atoms with Gasteiger partial charge in [-0.05, 0) is 42.7 Å². The van der Waals surface area contributed by atoms with Gasteiger partial charge in [0.25, 0.3) is 0 Å². The molecule has 1 unspecified atom stereocenters. The first-order valence-electron chi connectivity index (χ1n) is 8.97. The predicted octanol–water partition coefficient (Wildman–Crippen LogP) is 4.83. The van der Waals surface area contributed by atoms with Gasteiger partial charge in [0.2, 0.25) is 0 Å². The first-order chi connectivity index (χ1) is 13.0. The van der Waals surface area contributed by atoms with Crippen LogP contribution < -0.4 is 24.3 Å². The van der Waals surface area contributed by atoms with Gasteiger partial charge in [-0.2, -0.15) is 0 Å². The maximum atomic E-state index is 6.34. The van der Waals surface area contributed by atoms with Crippen LogP contribution in [0.2, 0.25) is 5.02 Å². The van der Waals surface area contributed by atoms with Gasteiger partial charge >= 0.3 is 0 Å². The summed E-state index contributed by atoms with van der Waals surface area (Å²) in [7, 11) is 4.85. The molecule has 0 aromatic heterocycles. The number of hydrogen-bond acceptors (Lipinski definition) is 5. The third-order valence-corrected chi connectivity index (χ3v) is 4.68. The molecule has 0 aliphatic heterocycles. The molecule has 1 N–H and O–H groups in total. The molecule has 5 nitrogen and oxygen atoms in total. The van der Waals surface area contributed by atoms with E-state index in [9.17, 15) is 0 Å². The van der Waals surface area contributed by atoms with E-state index in [4.69, 9.17) is 30.5 Å². The molecule has 0 radical (unpaired) electrons. The molecular formula is C21H28ClNO4. The first kappa shape index (κ1) is 21.2. The maximum absolute atomic E-state index is 6.34. The van der Waals surface area contributed by atoms with Crippen molar-refractivity contribution >= 4 is 11.6 Å². The molecule has 2 aromatic rings. The Kier molecular flexibility index (Phi) is 8.07. The summed E-state index contributed by atoms with van der Waals surface area (Å²) >= 11 is 6.34. The van der Waals surface area contributed by atoms with Crippen LogP contribution >= 0.6 is 11.6 Å². The van der Waals surface area contributed by atoms with E-state index in [1.165, 1.54) is 0 Å². The number of rotatable bonds is 10. The summed E-state index contributed by atoms with van der Waals surface area (Å²) in [5, 5.41) is 4.03. The summed E-state index contributed by atoms with van der Waals surface area (Å²) in [5.74, 6) is 2.78. The number of halogens is 1. The molecular weight excluding hydrogens is 366 g/mol. The number of ether oxygens (including phenoxy) is 4. The normalized spacial score (nSPS) is 11.8. The van der Waals surface area contributed by atoms with Gasteiger partial charge in [0, 0.05) is 24.2 Å². The monoisotopic (exact) mass is 393 g/mol. The van der Waals surface area contributed by atoms with Gasteiger partial charge in [0.15, 0.2) is 23.0 Å². The highest BCUT2D eigenvalue weighted by atomic mass is 35.5. The summed E-state index contributed by atoms with van der Waals surface area (Å²) in [5.41, 5.74) is 2.04. The molecule has 148 valence electrons. The lowest BCUT2D eigenvalue weighted by molar-refractivity contribution is 0.207. The molecule has 0 bridgehead atoms. The van der Waals surface area contributed by atoms with Crippen LogP contribution in [0.5, 0.6) is 23.0 Å². The van der Waals surface area contributed by atoms with E-state index in [0.29, 0.717) is 29.6 Å².